The second kappa shape index (κ2) is 7.34. The molecule has 27 heavy (non-hydrogen) atoms. The summed E-state index contributed by atoms with van der Waals surface area (Å²) in [6, 6.07) is 1.95. The minimum absolute atomic E-state index is 0.0386. The number of nitrogens with one attached hydrogen (secondary N) is 1. The lowest BCUT2D eigenvalue weighted by Gasteiger charge is -2.37. The Balaban J connectivity index is 1.41. The monoisotopic (exact) mass is 369 g/mol. The number of aryl methyl sites for hydroxylation is 1. The van der Waals surface area contributed by atoms with Crippen LogP contribution < -0.4 is 10.2 Å². The summed E-state index contributed by atoms with van der Waals surface area (Å²) in [6.45, 7) is 5.10. The SMILES string of the molecule is Cc1nc(N2CCN(C(=O)C3CCC(=O)NC3)CC2)cc(-n2ccnc2)n1. The van der Waals surface area contributed by atoms with Crippen LogP contribution >= 0.6 is 0 Å². The summed E-state index contributed by atoms with van der Waals surface area (Å²) in [6.07, 6.45) is 6.36. The van der Waals surface area contributed by atoms with Crippen molar-refractivity contribution in [1.82, 2.24) is 29.7 Å². The Kier molecular flexibility index (Phi) is 4.74. The van der Waals surface area contributed by atoms with Crippen molar-refractivity contribution in [3.63, 3.8) is 0 Å². The van der Waals surface area contributed by atoms with Gasteiger partial charge in [0.1, 0.15) is 23.8 Å². The summed E-state index contributed by atoms with van der Waals surface area (Å²) in [5, 5.41) is 2.79. The number of carbonyl (C=O) groups excluding carboxylic acids is 2. The maximum Gasteiger partial charge on any atom is 0.227 e. The van der Waals surface area contributed by atoms with Crippen LogP contribution in [0.1, 0.15) is 18.7 Å². The summed E-state index contributed by atoms with van der Waals surface area (Å²) in [5.41, 5.74) is 0. The van der Waals surface area contributed by atoms with Crippen LogP contribution in [-0.4, -0.2) is 69.0 Å². The number of aromatic nitrogens is 4. The third kappa shape index (κ3) is 3.76. The Morgan fingerprint density at radius 1 is 1.19 bits per heavy atom. The van der Waals surface area contributed by atoms with E-state index in [-0.39, 0.29) is 17.7 Å². The van der Waals surface area contributed by atoms with E-state index >= 15 is 0 Å². The highest BCUT2D eigenvalue weighted by molar-refractivity contribution is 5.84. The fourth-order valence-electron chi connectivity index (χ4n) is 3.58. The van der Waals surface area contributed by atoms with E-state index in [9.17, 15) is 9.59 Å². The van der Waals surface area contributed by atoms with Gasteiger partial charge in [-0.05, 0) is 13.3 Å². The minimum Gasteiger partial charge on any atom is -0.355 e. The van der Waals surface area contributed by atoms with Crippen LogP contribution in [-0.2, 0) is 9.59 Å². The maximum atomic E-state index is 12.7. The van der Waals surface area contributed by atoms with Gasteiger partial charge in [0, 0.05) is 57.6 Å². The van der Waals surface area contributed by atoms with E-state index in [0.29, 0.717) is 38.3 Å². The third-order valence-corrected chi connectivity index (χ3v) is 5.11. The molecule has 1 atom stereocenters. The van der Waals surface area contributed by atoms with Gasteiger partial charge in [-0.25, -0.2) is 15.0 Å². The van der Waals surface area contributed by atoms with E-state index in [0.717, 1.165) is 24.7 Å². The topological polar surface area (TPSA) is 96.2 Å². The first-order valence-corrected chi connectivity index (χ1v) is 9.24. The average molecular weight is 369 g/mol. The molecule has 0 aliphatic carbocycles. The number of piperidine rings is 1. The number of nitrogens with zero attached hydrogens (tertiary/aromatic N) is 6. The molecule has 2 aromatic rings. The summed E-state index contributed by atoms with van der Waals surface area (Å²) in [5.74, 6) is 2.44. The Morgan fingerprint density at radius 3 is 2.63 bits per heavy atom. The number of hydrogen-bond donors (Lipinski definition) is 1. The molecule has 2 aromatic heterocycles. The summed E-state index contributed by atoms with van der Waals surface area (Å²) < 4.78 is 1.86. The van der Waals surface area contributed by atoms with Crippen molar-refractivity contribution in [2.75, 3.05) is 37.6 Å². The summed E-state index contributed by atoms with van der Waals surface area (Å²) in [7, 11) is 0. The van der Waals surface area contributed by atoms with E-state index < -0.39 is 0 Å². The Morgan fingerprint density at radius 2 is 1.96 bits per heavy atom. The molecule has 1 N–H and O–H groups in total. The second-order valence-electron chi connectivity index (χ2n) is 6.95. The zero-order valence-corrected chi connectivity index (χ0v) is 15.3. The maximum absolute atomic E-state index is 12.7. The molecule has 0 radical (unpaired) electrons. The third-order valence-electron chi connectivity index (χ3n) is 5.11. The van der Waals surface area contributed by atoms with Crippen LogP contribution in [0.25, 0.3) is 5.82 Å². The normalized spacial score (nSPS) is 20.5. The standard InChI is InChI=1S/C18H23N7O2/c1-13-21-15(10-16(22-13)25-5-4-19-12-25)23-6-8-24(9-7-23)18(27)14-2-3-17(26)20-11-14/h4-5,10,12,14H,2-3,6-9,11H2,1H3,(H,20,26). The smallest absolute Gasteiger partial charge is 0.227 e. The number of anilines is 1. The van der Waals surface area contributed by atoms with Crippen LogP contribution in [0, 0.1) is 12.8 Å². The largest absolute Gasteiger partial charge is 0.355 e. The predicted molar refractivity (Wildman–Crippen MR) is 98.4 cm³/mol. The molecule has 4 rings (SSSR count). The molecule has 2 aliphatic heterocycles. The molecule has 9 heteroatoms. The number of amides is 2. The molecule has 0 saturated carbocycles. The van der Waals surface area contributed by atoms with Crippen molar-refractivity contribution in [3.05, 3.63) is 30.6 Å². The van der Waals surface area contributed by atoms with Gasteiger partial charge in [-0.2, -0.15) is 0 Å². The molecule has 0 spiro atoms. The number of imidazole rings is 1. The molecule has 2 saturated heterocycles. The van der Waals surface area contributed by atoms with Gasteiger partial charge in [0.25, 0.3) is 0 Å². The molecule has 2 amide bonds. The lowest BCUT2D eigenvalue weighted by Crippen LogP contribution is -2.52. The number of rotatable bonds is 3. The number of carbonyl (C=O) groups is 2. The average Bonchev–Trinajstić information content (AvgIpc) is 3.23. The molecule has 142 valence electrons. The van der Waals surface area contributed by atoms with Gasteiger partial charge in [-0.3, -0.25) is 14.2 Å². The lowest BCUT2D eigenvalue weighted by atomic mass is 9.97. The zero-order chi connectivity index (χ0) is 18.8. The van der Waals surface area contributed by atoms with Gasteiger partial charge in [0.2, 0.25) is 11.8 Å². The molecule has 0 bridgehead atoms. The fourth-order valence-corrected chi connectivity index (χ4v) is 3.58. The van der Waals surface area contributed by atoms with Crippen molar-refractivity contribution < 1.29 is 9.59 Å². The predicted octanol–water partition coefficient (Wildman–Crippen LogP) is 0.146. The highest BCUT2D eigenvalue weighted by Gasteiger charge is 2.30. The molecule has 1 unspecified atom stereocenters. The van der Waals surface area contributed by atoms with Crippen LogP contribution in [0.2, 0.25) is 0 Å². The van der Waals surface area contributed by atoms with Crippen molar-refractivity contribution in [2.24, 2.45) is 5.92 Å². The highest BCUT2D eigenvalue weighted by Crippen LogP contribution is 2.20. The van der Waals surface area contributed by atoms with E-state index in [1.165, 1.54) is 0 Å². The summed E-state index contributed by atoms with van der Waals surface area (Å²) in [4.78, 5) is 41.2. The first kappa shape index (κ1) is 17.4. The van der Waals surface area contributed by atoms with E-state index in [4.69, 9.17) is 0 Å². The van der Waals surface area contributed by atoms with Gasteiger partial charge < -0.3 is 15.1 Å². The molecule has 9 nitrogen and oxygen atoms in total. The van der Waals surface area contributed by atoms with Gasteiger partial charge in [-0.1, -0.05) is 0 Å². The molecular formula is C18H23N7O2. The quantitative estimate of drug-likeness (QED) is 0.827. The Hall–Kier alpha value is -2.97. The second-order valence-corrected chi connectivity index (χ2v) is 6.95. The Bertz CT molecular complexity index is 818. The van der Waals surface area contributed by atoms with Crippen molar-refractivity contribution in [3.8, 4) is 5.82 Å². The molecule has 2 aliphatic rings. The van der Waals surface area contributed by atoms with E-state index in [2.05, 4.69) is 25.2 Å². The first-order valence-electron chi connectivity index (χ1n) is 9.24. The molecule has 2 fully saturated rings. The van der Waals surface area contributed by atoms with Crippen molar-refractivity contribution >= 4 is 17.6 Å². The van der Waals surface area contributed by atoms with Crippen molar-refractivity contribution in [2.45, 2.75) is 19.8 Å². The number of hydrogen-bond acceptors (Lipinski definition) is 6. The lowest BCUT2D eigenvalue weighted by molar-refractivity contribution is -0.137. The fraction of sp³-hybridized carbons (Fsp3) is 0.500. The van der Waals surface area contributed by atoms with E-state index in [1.54, 1.807) is 12.5 Å². The van der Waals surface area contributed by atoms with Gasteiger partial charge in [-0.15, -0.1) is 0 Å². The van der Waals surface area contributed by atoms with Gasteiger partial charge >= 0.3 is 0 Å². The van der Waals surface area contributed by atoms with Crippen LogP contribution in [0.4, 0.5) is 5.82 Å². The Labute approximate surface area is 157 Å². The zero-order valence-electron chi connectivity index (χ0n) is 15.3. The highest BCUT2D eigenvalue weighted by atomic mass is 16.2. The van der Waals surface area contributed by atoms with E-state index in [1.807, 2.05) is 28.7 Å². The summed E-state index contributed by atoms with van der Waals surface area (Å²) >= 11 is 0. The molecular weight excluding hydrogens is 346 g/mol. The molecule has 0 aromatic carbocycles. The van der Waals surface area contributed by atoms with Crippen LogP contribution in [0.3, 0.4) is 0 Å². The van der Waals surface area contributed by atoms with Crippen LogP contribution in [0.5, 0.6) is 0 Å². The molecule has 4 heterocycles. The number of piperazine rings is 1. The van der Waals surface area contributed by atoms with Crippen LogP contribution in [0.15, 0.2) is 24.8 Å². The van der Waals surface area contributed by atoms with Crippen molar-refractivity contribution in [1.29, 1.82) is 0 Å². The van der Waals surface area contributed by atoms with Gasteiger partial charge in [0.05, 0.1) is 5.92 Å². The van der Waals surface area contributed by atoms with Gasteiger partial charge in [0.15, 0.2) is 0 Å². The minimum atomic E-state index is -0.0941. The first-order chi connectivity index (χ1) is 13.1.